The van der Waals surface area contributed by atoms with Crippen LogP contribution in [0.1, 0.15) is 60.4 Å². The lowest BCUT2D eigenvalue weighted by Gasteiger charge is -2.11. The van der Waals surface area contributed by atoms with Gasteiger partial charge in [-0.05, 0) is 32.8 Å². The van der Waals surface area contributed by atoms with Crippen molar-refractivity contribution in [2.45, 2.75) is 39.2 Å². The van der Waals surface area contributed by atoms with E-state index in [9.17, 15) is 22.0 Å². The average Bonchev–Trinajstić information content (AvgIpc) is 3.50. The Kier molecular flexibility index (Phi) is 10.3. The highest BCUT2D eigenvalue weighted by Crippen LogP contribution is 2.27. The van der Waals surface area contributed by atoms with Crippen LogP contribution in [-0.2, 0) is 22.0 Å². The molecule has 0 atom stereocenters. The summed E-state index contributed by atoms with van der Waals surface area (Å²) in [7, 11) is -2.20. The second kappa shape index (κ2) is 12.8. The van der Waals surface area contributed by atoms with E-state index in [4.69, 9.17) is 21.0 Å². The summed E-state index contributed by atoms with van der Waals surface area (Å²) in [4.78, 5) is 22.1. The maximum Gasteiger partial charge on any atom is 0.282 e. The summed E-state index contributed by atoms with van der Waals surface area (Å²) in [6.07, 6.45) is 2.64. The van der Waals surface area contributed by atoms with Gasteiger partial charge < -0.3 is 10.2 Å². The molecule has 1 aliphatic rings. The highest BCUT2D eigenvalue weighted by Gasteiger charge is 2.23. The molecule has 0 spiro atoms. The largest absolute Gasteiger partial charge is 0.393 e. The first-order chi connectivity index (χ1) is 16.7. The zero-order chi connectivity index (χ0) is 27.0. The number of carbonyl (C=O) groups excluding carboxylic acids is 1. The van der Waals surface area contributed by atoms with E-state index >= 15 is 0 Å². The van der Waals surface area contributed by atoms with Crippen LogP contribution in [0.15, 0.2) is 23.6 Å². The number of aryl methyl sites for hydroxylation is 1. The molecular formula is C22H26ClF2N5O5S. The predicted molar refractivity (Wildman–Crippen MR) is 130 cm³/mol. The Morgan fingerprint density at radius 1 is 1.42 bits per heavy atom. The number of hydrogen-bond donors (Lipinski definition) is 2. The van der Waals surface area contributed by atoms with E-state index in [0.29, 0.717) is 23.4 Å². The van der Waals surface area contributed by atoms with Crippen LogP contribution in [0, 0.1) is 17.8 Å². The number of amides is 1. The molecule has 2 aromatic heterocycles. The summed E-state index contributed by atoms with van der Waals surface area (Å²) in [6.45, 7) is 3.44. The second-order valence-electron chi connectivity index (χ2n) is 8.11. The van der Waals surface area contributed by atoms with E-state index in [1.165, 1.54) is 13.2 Å². The summed E-state index contributed by atoms with van der Waals surface area (Å²) in [5.74, 6) is 5.89. The lowest BCUT2D eigenvalue weighted by Crippen LogP contribution is -2.31. The van der Waals surface area contributed by atoms with E-state index in [2.05, 4.69) is 32.4 Å². The number of pyridine rings is 1. The van der Waals surface area contributed by atoms with Gasteiger partial charge in [0.15, 0.2) is 0 Å². The van der Waals surface area contributed by atoms with Gasteiger partial charge in [-0.2, -0.15) is 13.5 Å². The number of halogens is 3. The first-order valence-corrected chi connectivity index (χ1v) is 12.9. The lowest BCUT2D eigenvalue weighted by molar-refractivity contribution is 0.0853. The first kappa shape index (κ1) is 29.2. The van der Waals surface area contributed by atoms with Gasteiger partial charge in [0.05, 0.1) is 23.4 Å². The molecular weight excluding hydrogens is 520 g/mol. The van der Waals surface area contributed by atoms with Crippen LogP contribution in [0.25, 0.3) is 0 Å². The van der Waals surface area contributed by atoms with Gasteiger partial charge in [0.25, 0.3) is 22.5 Å². The smallest absolute Gasteiger partial charge is 0.282 e. The number of oxime groups is 1. The van der Waals surface area contributed by atoms with Crippen LogP contribution in [0.3, 0.4) is 0 Å². The van der Waals surface area contributed by atoms with Crippen LogP contribution in [0.2, 0.25) is 5.02 Å². The average molecular weight is 546 g/mol. The molecule has 0 bridgehead atoms. The molecule has 3 rings (SSSR count). The maximum absolute atomic E-state index is 13.1. The molecule has 1 aliphatic carbocycles. The third-order valence-corrected chi connectivity index (χ3v) is 4.50. The Hall–Kier alpha value is -3.08. The monoisotopic (exact) mass is 545 g/mol. The van der Waals surface area contributed by atoms with Gasteiger partial charge in [-0.25, -0.2) is 8.78 Å². The Bertz CT molecular complexity index is 1270. The number of carbonyl (C=O) groups is 1. The van der Waals surface area contributed by atoms with Crippen molar-refractivity contribution in [3.63, 3.8) is 0 Å². The first-order valence-electron chi connectivity index (χ1n) is 10.7. The maximum atomic E-state index is 13.1. The molecule has 0 radical (unpaired) electrons. The Morgan fingerprint density at radius 3 is 2.58 bits per heavy atom. The number of rotatable bonds is 7. The van der Waals surface area contributed by atoms with Crippen molar-refractivity contribution in [2.75, 3.05) is 12.8 Å². The van der Waals surface area contributed by atoms with E-state index in [1.807, 2.05) is 0 Å². The highest BCUT2D eigenvalue weighted by molar-refractivity contribution is 7.85. The number of nitrogens with one attached hydrogen (secondary N) is 1. The Labute approximate surface area is 212 Å². The van der Waals surface area contributed by atoms with Crippen molar-refractivity contribution >= 4 is 33.3 Å². The normalized spacial score (nSPS) is 13.6. The molecule has 36 heavy (non-hydrogen) atoms. The van der Waals surface area contributed by atoms with Gasteiger partial charge >= 0.3 is 0 Å². The van der Waals surface area contributed by atoms with Gasteiger partial charge in [0, 0.05) is 30.9 Å². The number of aromatic nitrogens is 3. The third kappa shape index (κ3) is 10.3. The van der Waals surface area contributed by atoms with Gasteiger partial charge in [-0.15, -0.1) is 0 Å². The fourth-order valence-corrected chi connectivity index (χ4v) is 2.84. The Morgan fingerprint density at radius 2 is 2.06 bits per heavy atom. The van der Waals surface area contributed by atoms with Gasteiger partial charge in [0.1, 0.15) is 23.2 Å². The fraction of sp³-hybridized carbons (Fsp3) is 0.455. The third-order valence-electron chi connectivity index (χ3n) is 4.21. The van der Waals surface area contributed by atoms with Crippen LogP contribution in [0.5, 0.6) is 0 Å². The van der Waals surface area contributed by atoms with Crippen LogP contribution in [0.4, 0.5) is 8.78 Å². The molecule has 2 N–H and O–H groups in total. The van der Waals surface area contributed by atoms with Crippen molar-refractivity contribution in [3.8, 4) is 11.8 Å². The number of hydrogen-bond acceptors (Lipinski definition) is 7. The molecule has 1 fully saturated rings. The lowest BCUT2D eigenvalue weighted by atomic mass is 10.2. The standard InChI is InChI=1S/C21H22ClF2N5O2.CH4O3S/c1-12(2)31-28-17(10-26-21(30)15-11-29(3)27-18(15)20(23)24)19-16(22)8-14(9-25-19)7-6-13-4-5-13;1-5(2,3)4/h8-9,11-13,20H,4-5,10H2,1-3H3,(H,26,30);1H3,(H,2,3,4)/b28-17-;. The molecule has 0 aromatic carbocycles. The van der Waals surface area contributed by atoms with E-state index in [0.717, 1.165) is 17.5 Å². The van der Waals surface area contributed by atoms with Crippen molar-refractivity contribution < 1.29 is 31.4 Å². The molecule has 1 amide bonds. The quantitative estimate of drug-likeness (QED) is 0.236. The van der Waals surface area contributed by atoms with E-state index < -0.39 is 28.1 Å². The summed E-state index contributed by atoms with van der Waals surface area (Å²) in [5, 5.41) is 10.5. The number of nitrogens with zero attached hydrogens (tertiary/aromatic N) is 4. The molecule has 2 heterocycles. The zero-order valence-electron chi connectivity index (χ0n) is 20.0. The molecule has 0 saturated heterocycles. The highest BCUT2D eigenvalue weighted by atomic mass is 35.5. The summed E-state index contributed by atoms with van der Waals surface area (Å²) in [6, 6.07) is 1.67. The van der Waals surface area contributed by atoms with Gasteiger partial charge in [0.2, 0.25) is 0 Å². The van der Waals surface area contributed by atoms with Crippen molar-refractivity contribution in [2.24, 2.45) is 18.1 Å². The molecule has 2 aromatic rings. The van der Waals surface area contributed by atoms with Gasteiger partial charge in [-0.3, -0.25) is 19.0 Å². The number of alkyl halides is 2. The summed E-state index contributed by atoms with van der Waals surface area (Å²) in [5.41, 5.74) is 0.417. The van der Waals surface area contributed by atoms with Crippen LogP contribution in [-0.4, -0.2) is 58.3 Å². The van der Waals surface area contributed by atoms with Crippen LogP contribution >= 0.6 is 11.6 Å². The minimum Gasteiger partial charge on any atom is -0.393 e. The predicted octanol–water partition coefficient (Wildman–Crippen LogP) is 3.23. The molecule has 10 nitrogen and oxygen atoms in total. The van der Waals surface area contributed by atoms with Crippen molar-refractivity contribution in [3.05, 3.63) is 46.0 Å². The summed E-state index contributed by atoms with van der Waals surface area (Å²) >= 11 is 6.38. The molecule has 0 aliphatic heterocycles. The van der Waals surface area contributed by atoms with Gasteiger partial charge in [-0.1, -0.05) is 28.6 Å². The van der Waals surface area contributed by atoms with Crippen molar-refractivity contribution in [1.29, 1.82) is 0 Å². The Balaban J connectivity index is 0.000000830. The van der Waals surface area contributed by atoms with E-state index in [-0.39, 0.29) is 28.9 Å². The van der Waals surface area contributed by atoms with Crippen LogP contribution < -0.4 is 5.32 Å². The van der Waals surface area contributed by atoms with E-state index in [1.54, 1.807) is 26.1 Å². The summed E-state index contributed by atoms with van der Waals surface area (Å²) < 4.78 is 53.3. The topological polar surface area (TPSA) is 136 Å². The fourth-order valence-electron chi connectivity index (χ4n) is 2.56. The molecule has 0 unspecified atom stereocenters. The minimum absolute atomic E-state index is 0.136. The minimum atomic E-state index is -3.67. The van der Waals surface area contributed by atoms with Crippen molar-refractivity contribution in [1.82, 2.24) is 20.1 Å². The molecule has 1 saturated carbocycles. The molecule has 196 valence electrons. The second-order valence-corrected chi connectivity index (χ2v) is 9.98. The zero-order valence-corrected chi connectivity index (χ0v) is 21.6. The molecule has 14 heteroatoms. The SMILES string of the molecule is CC(C)O/N=C(/CNC(=O)c1cn(C)nc1C(F)F)c1ncc(C#CC2CC2)cc1Cl.CS(=O)(=O)O.